The van der Waals surface area contributed by atoms with E-state index in [0.29, 0.717) is 31.8 Å². The fraction of sp³-hybridized carbons (Fsp3) is 0.667. The predicted octanol–water partition coefficient (Wildman–Crippen LogP) is 0.991. The highest BCUT2D eigenvalue weighted by Crippen LogP contribution is 2.22. The van der Waals surface area contributed by atoms with Crippen LogP contribution in [0.2, 0.25) is 0 Å². The molecule has 0 aromatic carbocycles. The van der Waals surface area contributed by atoms with Crippen LogP contribution in [0.15, 0.2) is 12.3 Å². The Morgan fingerprint density at radius 1 is 1.25 bits per heavy atom. The highest BCUT2D eigenvalue weighted by Gasteiger charge is 2.37. The third-order valence-electron chi connectivity index (χ3n) is 4.15. The second kappa shape index (κ2) is 5.77. The van der Waals surface area contributed by atoms with Gasteiger partial charge in [0.05, 0.1) is 19.0 Å². The van der Waals surface area contributed by atoms with Crippen molar-refractivity contribution in [1.29, 1.82) is 0 Å². The van der Waals surface area contributed by atoms with Crippen molar-refractivity contribution in [2.75, 3.05) is 19.6 Å². The van der Waals surface area contributed by atoms with Crippen molar-refractivity contribution in [2.45, 2.75) is 39.2 Å². The van der Waals surface area contributed by atoms with Crippen LogP contribution in [0.3, 0.4) is 0 Å². The molecule has 1 aliphatic carbocycles. The largest absolute Gasteiger partial charge is 0.364 e. The van der Waals surface area contributed by atoms with E-state index >= 15 is 0 Å². The number of nitrogens with zero attached hydrogens (tertiary/aromatic N) is 2. The van der Waals surface area contributed by atoms with Gasteiger partial charge in [-0.05, 0) is 12.3 Å². The van der Waals surface area contributed by atoms with E-state index in [1.165, 1.54) is 0 Å². The molecule has 0 aromatic heterocycles. The van der Waals surface area contributed by atoms with Gasteiger partial charge in [-0.1, -0.05) is 20.4 Å². The maximum atomic E-state index is 12.3. The molecule has 2 fully saturated rings. The minimum atomic E-state index is -0.394. The molecule has 0 aromatic rings. The number of carbonyl (C=O) groups excluding carboxylic acids is 3. The first-order valence-electron chi connectivity index (χ1n) is 7.17. The van der Waals surface area contributed by atoms with E-state index in [-0.39, 0.29) is 30.4 Å². The third kappa shape index (κ3) is 2.92. The van der Waals surface area contributed by atoms with Gasteiger partial charge in [-0.2, -0.15) is 0 Å². The Morgan fingerprint density at radius 3 is 2.50 bits per heavy atom. The normalized spacial score (nSPS) is 24.6. The van der Waals surface area contributed by atoms with Gasteiger partial charge in [0.2, 0.25) is 5.91 Å². The van der Waals surface area contributed by atoms with E-state index in [0.717, 1.165) is 5.70 Å². The van der Waals surface area contributed by atoms with Crippen LogP contribution in [0.5, 0.6) is 0 Å². The second-order valence-corrected chi connectivity index (χ2v) is 5.89. The molecule has 0 radical (unpaired) electrons. The molecule has 1 heterocycles. The third-order valence-corrected chi connectivity index (χ3v) is 4.15. The van der Waals surface area contributed by atoms with Crippen LogP contribution in [0, 0.1) is 5.92 Å². The first-order chi connectivity index (χ1) is 9.40. The lowest BCUT2D eigenvalue weighted by atomic mass is 9.91. The summed E-state index contributed by atoms with van der Waals surface area (Å²) in [5.41, 5.74) is 0.961. The van der Waals surface area contributed by atoms with Crippen LogP contribution < -0.4 is 0 Å². The first kappa shape index (κ1) is 14.8. The minimum absolute atomic E-state index is 0.00878. The summed E-state index contributed by atoms with van der Waals surface area (Å²) in [6.07, 6.45) is 0.869. The van der Waals surface area contributed by atoms with Crippen LogP contribution in [-0.2, 0) is 14.4 Å². The molecule has 2 aliphatic rings. The van der Waals surface area contributed by atoms with Crippen molar-refractivity contribution in [3.05, 3.63) is 12.3 Å². The number of allylic oxidation sites excluding steroid dienone is 1. The zero-order chi connectivity index (χ0) is 14.9. The Kier molecular flexibility index (Phi) is 4.26. The number of piperazine rings is 1. The molecule has 20 heavy (non-hydrogen) atoms. The number of carbonyl (C=O) groups is 3. The van der Waals surface area contributed by atoms with Gasteiger partial charge in [0.15, 0.2) is 5.78 Å². The van der Waals surface area contributed by atoms with Crippen molar-refractivity contribution in [3.8, 4) is 0 Å². The van der Waals surface area contributed by atoms with Crippen LogP contribution >= 0.6 is 0 Å². The molecule has 0 N–H and O–H groups in total. The average Bonchev–Trinajstić information content (AvgIpc) is 2.38. The summed E-state index contributed by atoms with van der Waals surface area (Å²) in [6, 6.07) is -0.394. The fourth-order valence-corrected chi connectivity index (χ4v) is 2.82. The number of hydrogen-bond donors (Lipinski definition) is 0. The van der Waals surface area contributed by atoms with Gasteiger partial charge in [-0.15, -0.1) is 0 Å². The maximum absolute atomic E-state index is 12.3. The molecule has 0 bridgehead atoms. The second-order valence-electron chi connectivity index (χ2n) is 5.89. The van der Waals surface area contributed by atoms with Crippen molar-refractivity contribution >= 4 is 17.5 Å². The molecule has 2 rings (SSSR count). The van der Waals surface area contributed by atoms with Gasteiger partial charge in [-0.3, -0.25) is 14.4 Å². The quantitative estimate of drug-likeness (QED) is 0.722. The predicted molar refractivity (Wildman–Crippen MR) is 74.9 cm³/mol. The molecule has 110 valence electrons. The SMILES string of the molecule is C=C(C(C)C)N1CCN(C2CCC(=O)CC2=O)C(=O)C1. The van der Waals surface area contributed by atoms with Crippen LogP contribution in [0.4, 0.5) is 0 Å². The monoisotopic (exact) mass is 278 g/mol. The van der Waals surface area contributed by atoms with Crippen molar-refractivity contribution < 1.29 is 14.4 Å². The lowest BCUT2D eigenvalue weighted by Crippen LogP contribution is -2.57. The molecule has 1 saturated carbocycles. The molecule has 0 spiro atoms. The van der Waals surface area contributed by atoms with Gasteiger partial charge < -0.3 is 9.80 Å². The molecule has 1 saturated heterocycles. The molecular weight excluding hydrogens is 256 g/mol. The van der Waals surface area contributed by atoms with Gasteiger partial charge in [0.25, 0.3) is 0 Å². The van der Waals surface area contributed by atoms with Crippen molar-refractivity contribution in [1.82, 2.24) is 9.80 Å². The topological polar surface area (TPSA) is 57.7 Å². The number of hydrogen-bond acceptors (Lipinski definition) is 4. The number of Topliss-reactive ketones (excluding diaryl/α,β-unsaturated/α-hetero) is 2. The Morgan fingerprint density at radius 2 is 1.95 bits per heavy atom. The highest BCUT2D eigenvalue weighted by atomic mass is 16.2. The van der Waals surface area contributed by atoms with Crippen LogP contribution in [0.25, 0.3) is 0 Å². The van der Waals surface area contributed by atoms with E-state index in [2.05, 4.69) is 20.4 Å². The average molecular weight is 278 g/mol. The Hall–Kier alpha value is -1.65. The summed E-state index contributed by atoms with van der Waals surface area (Å²) in [5.74, 6) is 0.158. The van der Waals surface area contributed by atoms with Gasteiger partial charge in [-0.25, -0.2) is 0 Å². The molecular formula is C15H22N2O3. The molecule has 1 aliphatic heterocycles. The molecule has 1 amide bonds. The van der Waals surface area contributed by atoms with Gasteiger partial charge in [0, 0.05) is 25.2 Å². The van der Waals surface area contributed by atoms with Crippen molar-refractivity contribution in [3.63, 3.8) is 0 Å². The van der Waals surface area contributed by atoms with Crippen molar-refractivity contribution in [2.24, 2.45) is 5.92 Å². The Bertz CT molecular complexity index is 456. The zero-order valence-electron chi connectivity index (χ0n) is 12.2. The summed E-state index contributed by atoms with van der Waals surface area (Å²) in [7, 11) is 0. The lowest BCUT2D eigenvalue weighted by molar-refractivity contribution is -0.146. The summed E-state index contributed by atoms with van der Waals surface area (Å²) < 4.78 is 0. The number of rotatable bonds is 3. The maximum Gasteiger partial charge on any atom is 0.242 e. The van der Waals surface area contributed by atoms with Crippen LogP contribution in [-0.4, -0.2) is 52.9 Å². The molecule has 1 unspecified atom stereocenters. The van der Waals surface area contributed by atoms with E-state index in [4.69, 9.17) is 0 Å². The first-order valence-corrected chi connectivity index (χ1v) is 7.17. The van der Waals surface area contributed by atoms with E-state index in [1.54, 1.807) is 4.90 Å². The smallest absolute Gasteiger partial charge is 0.242 e. The Labute approximate surface area is 119 Å². The summed E-state index contributed by atoms with van der Waals surface area (Å²) in [4.78, 5) is 39.1. The highest BCUT2D eigenvalue weighted by molar-refractivity contribution is 6.05. The fourth-order valence-electron chi connectivity index (χ4n) is 2.82. The van der Waals surface area contributed by atoms with Gasteiger partial charge in [0.1, 0.15) is 5.78 Å². The lowest BCUT2D eigenvalue weighted by Gasteiger charge is -2.41. The molecule has 5 nitrogen and oxygen atoms in total. The van der Waals surface area contributed by atoms with E-state index < -0.39 is 6.04 Å². The molecule has 1 atom stereocenters. The summed E-state index contributed by atoms with van der Waals surface area (Å²) in [6.45, 7) is 9.65. The van der Waals surface area contributed by atoms with E-state index in [1.807, 2.05) is 4.90 Å². The standard InChI is InChI=1S/C15H22N2O3/c1-10(2)11(3)16-6-7-17(15(20)9-16)13-5-4-12(18)8-14(13)19/h10,13H,3-9H2,1-2H3. The number of amides is 1. The minimum Gasteiger partial charge on any atom is -0.364 e. The van der Waals surface area contributed by atoms with Crippen LogP contribution in [0.1, 0.15) is 33.1 Å². The van der Waals surface area contributed by atoms with E-state index in [9.17, 15) is 14.4 Å². The number of ketones is 2. The van der Waals surface area contributed by atoms with Gasteiger partial charge >= 0.3 is 0 Å². The zero-order valence-corrected chi connectivity index (χ0v) is 12.2. The summed E-state index contributed by atoms with van der Waals surface area (Å²) in [5, 5.41) is 0. The Balaban J connectivity index is 2.00. The molecule has 5 heteroatoms. The summed E-state index contributed by atoms with van der Waals surface area (Å²) >= 11 is 0.